The molecule has 0 radical (unpaired) electrons. The van der Waals surface area contributed by atoms with Crippen LogP contribution in [0.3, 0.4) is 0 Å². The number of hydrogen-bond donors (Lipinski definition) is 3. The number of ether oxygens (including phenoxy) is 3. The Labute approximate surface area is 163 Å². The number of methoxy groups -OCH3 is 1. The van der Waals surface area contributed by atoms with E-state index in [9.17, 15) is 5.11 Å². The van der Waals surface area contributed by atoms with Crippen molar-refractivity contribution in [2.24, 2.45) is 0 Å². The molecule has 0 saturated heterocycles. The van der Waals surface area contributed by atoms with E-state index in [0.29, 0.717) is 42.5 Å². The predicted octanol–water partition coefficient (Wildman–Crippen LogP) is 1.80. The minimum Gasteiger partial charge on any atom is -0.493 e. The van der Waals surface area contributed by atoms with E-state index in [-0.39, 0.29) is 19.0 Å². The summed E-state index contributed by atoms with van der Waals surface area (Å²) >= 11 is 0. The molecule has 1 aromatic heterocycles. The monoisotopic (exact) mass is 394 g/mol. The van der Waals surface area contributed by atoms with Gasteiger partial charge in [0.2, 0.25) is 0 Å². The molecule has 1 atom stereocenters. The van der Waals surface area contributed by atoms with E-state index in [1.165, 1.54) is 0 Å². The van der Waals surface area contributed by atoms with Gasteiger partial charge in [0.05, 0.1) is 12.6 Å². The number of hydrogen-bond acceptors (Lipinski definition) is 7. The van der Waals surface area contributed by atoms with Gasteiger partial charge in [-0.1, -0.05) is 23.4 Å². The number of rotatable bonds is 10. The third-order valence-corrected chi connectivity index (χ3v) is 3.74. The van der Waals surface area contributed by atoms with Crippen molar-refractivity contribution in [3.63, 3.8) is 0 Å². The second kappa shape index (κ2) is 10.6. The van der Waals surface area contributed by atoms with Crippen LogP contribution in [-0.2, 0) is 0 Å². The quantitative estimate of drug-likeness (QED) is 0.450. The molecule has 8 nitrogen and oxygen atoms in total. The molecule has 0 aliphatic heterocycles. The van der Waals surface area contributed by atoms with Crippen molar-refractivity contribution in [2.45, 2.75) is 6.10 Å². The second-order valence-corrected chi connectivity index (χ2v) is 5.63. The summed E-state index contributed by atoms with van der Waals surface area (Å²) in [6, 6.07) is 13.0. The number of fused-ring (bicyclic) bond motifs is 1. The molecule has 3 N–H and O–H groups in total. The molecule has 9 heteroatoms. The summed E-state index contributed by atoms with van der Waals surface area (Å²) in [4.78, 5) is 0. The van der Waals surface area contributed by atoms with Crippen molar-refractivity contribution >= 4 is 23.4 Å². The molecule has 0 aliphatic carbocycles. The summed E-state index contributed by atoms with van der Waals surface area (Å²) < 4.78 is 16.5. The smallest absolute Gasteiger partial charge is 0.161 e. The van der Waals surface area contributed by atoms with Crippen molar-refractivity contribution in [3.05, 3.63) is 42.5 Å². The number of halogens is 1. The first-order valence-corrected chi connectivity index (χ1v) is 8.35. The van der Waals surface area contributed by atoms with Gasteiger partial charge in [-0.2, -0.15) is 0 Å². The van der Waals surface area contributed by atoms with Crippen LogP contribution < -0.4 is 19.5 Å². The summed E-state index contributed by atoms with van der Waals surface area (Å²) in [5, 5.41) is 23.7. The number of nitrogens with one attached hydrogen (secondary N) is 2. The molecule has 3 aromatic rings. The Bertz CT molecular complexity index is 830. The average Bonchev–Trinajstić information content (AvgIpc) is 3.15. The van der Waals surface area contributed by atoms with Crippen molar-refractivity contribution in [2.75, 3.05) is 33.4 Å². The molecule has 2 aromatic carbocycles. The molecular weight excluding hydrogens is 372 g/mol. The van der Waals surface area contributed by atoms with E-state index in [1.54, 1.807) is 13.2 Å². The summed E-state index contributed by atoms with van der Waals surface area (Å²) in [7, 11) is 1.61. The van der Waals surface area contributed by atoms with Gasteiger partial charge >= 0.3 is 0 Å². The van der Waals surface area contributed by atoms with E-state index in [1.807, 2.05) is 36.4 Å². The highest BCUT2D eigenvalue weighted by molar-refractivity contribution is 5.85. The Balaban J connectivity index is 0.00000261. The predicted molar refractivity (Wildman–Crippen MR) is 104 cm³/mol. The molecule has 1 heterocycles. The zero-order chi connectivity index (χ0) is 18.2. The Morgan fingerprint density at radius 2 is 1.85 bits per heavy atom. The first-order valence-electron chi connectivity index (χ1n) is 8.35. The van der Waals surface area contributed by atoms with E-state index >= 15 is 0 Å². The van der Waals surface area contributed by atoms with Crippen LogP contribution in [0.2, 0.25) is 0 Å². The molecule has 0 fully saturated rings. The van der Waals surface area contributed by atoms with Crippen LogP contribution in [0.4, 0.5) is 0 Å². The van der Waals surface area contributed by atoms with Crippen LogP contribution in [0.1, 0.15) is 0 Å². The highest BCUT2D eigenvalue weighted by atomic mass is 35.5. The standard InChI is InChI=1S/C18H22N4O4.ClH/c1-24-15-6-2-3-7-16(15)25-10-9-19-11-13(23)12-26-17-8-4-5-14-18(17)21-22-20-14;/h2-8,13,19,23H,9-12H2,1H3,(H,20,21,22);1H/t13-;/m0./s1. The number of aliphatic hydroxyl groups excluding tert-OH is 1. The number of H-pyrrole nitrogens is 1. The lowest BCUT2D eigenvalue weighted by Crippen LogP contribution is -2.33. The van der Waals surface area contributed by atoms with Crippen LogP contribution in [0.25, 0.3) is 11.0 Å². The van der Waals surface area contributed by atoms with Crippen LogP contribution in [-0.4, -0.2) is 60.0 Å². The average molecular weight is 395 g/mol. The second-order valence-electron chi connectivity index (χ2n) is 5.63. The Morgan fingerprint density at radius 3 is 2.67 bits per heavy atom. The van der Waals surface area contributed by atoms with Gasteiger partial charge < -0.3 is 24.6 Å². The van der Waals surface area contributed by atoms with Gasteiger partial charge in [0.25, 0.3) is 0 Å². The first-order chi connectivity index (χ1) is 12.8. The fourth-order valence-corrected chi connectivity index (χ4v) is 2.45. The summed E-state index contributed by atoms with van der Waals surface area (Å²) in [5.74, 6) is 1.99. The van der Waals surface area contributed by atoms with Crippen molar-refractivity contribution in [1.29, 1.82) is 0 Å². The van der Waals surface area contributed by atoms with Gasteiger partial charge in [-0.15, -0.1) is 17.5 Å². The van der Waals surface area contributed by atoms with E-state index < -0.39 is 6.10 Å². The molecule has 0 amide bonds. The molecule has 0 unspecified atom stereocenters. The number of benzene rings is 2. The van der Waals surface area contributed by atoms with Gasteiger partial charge in [0, 0.05) is 13.1 Å². The van der Waals surface area contributed by atoms with Crippen LogP contribution in [0.15, 0.2) is 42.5 Å². The Kier molecular flexibility index (Phi) is 8.12. The Morgan fingerprint density at radius 1 is 1.07 bits per heavy atom. The third kappa shape index (κ3) is 5.72. The zero-order valence-corrected chi connectivity index (χ0v) is 15.7. The van der Waals surface area contributed by atoms with Gasteiger partial charge in [0.15, 0.2) is 17.0 Å². The number of para-hydroxylation sites is 2. The maximum atomic E-state index is 10.0. The SMILES string of the molecule is COc1ccccc1OCCNC[C@H](O)COc1cccc2[nH]nnc12.Cl. The molecule has 0 bridgehead atoms. The number of aromatic amines is 1. The molecule has 0 saturated carbocycles. The Hall–Kier alpha value is -2.55. The minimum atomic E-state index is -0.650. The molecular formula is C18H23ClN4O4. The largest absolute Gasteiger partial charge is 0.493 e. The topological polar surface area (TPSA) is 102 Å². The highest BCUT2D eigenvalue weighted by Crippen LogP contribution is 2.25. The summed E-state index contributed by atoms with van der Waals surface area (Å²) in [5.41, 5.74) is 1.45. The van der Waals surface area contributed by atoms with Gasteiger partial charge in [-0.05, 0) is 24.3 Å². The van der Waals surface area contributed by atoms with E-state index in [2.05, 4.69) is 20.7 Å². The maximum absolute atomic E-state index is 10.0. The molecule has 27 heavy (non-hydrogen) atoms. The minimum absolute atomic E-state index is 0. The van der Waals surface area contributed by atoms with Crippen LogP contribution in [0.5, 0.6) is 17.2 Å². The maximum Gasteiger partial charge on any atom is 0.161 e. The normalized spacial score (nSPS) is 11.6. The highest BCUT2D eigenvalue weighted by Gasteiger charge is 2.09. The van der Waals surface area contributed by atoms with Gasteiger partial charge in [0.1, 0.15) is 25.1 Å². The molecule has 0 spiro atoms. The number of nitrogens with zero attached hydrogens (tertiary/aromatic N) is 2. The molecule has 3 rings (SSSR count). The molecule has 0 aliphatic rings. The zero-order valence-electron chi connectivity index (χ0n) is 14.9. The van der Waals surface area contributed by atoms with Crippen molar-refractivity contribution in [1.82, 2.24) is 20.7 Å². The number of aliphatic hydroxyl groups is 1. The van der Waals surface area contributed by atoms with Crippen LogP contribution >= 0.6 is 12.4 Å². The molecule has 146 valence electrons. The summed E-state index contributed by atoms with van der Waals surface area (Å²) in [6.45, 7) is 1.61. The fourth-order valence-electron chi connectivity index (χ4n) is 2.45. The van der Waals surface area contributed by atoms with Gasteiger partial charge in [-0.25, -0.2) is 0 Å². The van der Waals surface area contributed by atoms with Gasteiger partial charge in [-0.3, -0.25) is 5.10 Å². The van der Waals surface area contributed by atoms with Crippen molar-refractivity contribution in [3.8, 4) is 17.2 Å². The van der Waals surface area contributed by atoms with E-state index in [4.69, 9.17) is 14.2 Å². The lowest BCUT2D eigenvalue weighted by molar-refractivity contribution is 0.106. The van der Waals surface area contributed by atoms with Crippen molar-refractivity contribution < 1.29 is 19.3 Å². The third-order valence-electron chi connectivity index (χ3n) is 3.74. The first kappa shape index (κ1) is 20.8. The van der Waals surface area contributed by atoms with Crippen LogP contribution in [0, 0.1) is 0 Å². The summed E-state index contributed by atoms with van der Waals surface area (Å²) in [6.07, 6.45) is -0.650. The lowest BCUT2D eigenvalue weighted by atomic mass is 10.3. The van der Waals surface area contributed by atoms with E-state index in [0.717, 1.165) is 5.52 Å². The fraction of sp³-hybridized carbons (Fsp3) is 0.333. The lowest BCUT2D eigenvalue weighted by Gasteiger charge is -2.14. The number of aromatic nitrogens is 3.